The molecule has 15 heavy (non-hydrogen) atoms. The Kier molecular flexibility index (Phi) is 2.89. The largest absolute Gasteiger partial charge is 0.496 e. The van der Waals surface area contributed by atoms with Gasteiger partial charge in [0, 0.05) is 12.0 Å². The lowest BCUT2D eigenvalue weighted by Crippen LogP contribution is -2.04. The number of Topliss-reactive ketones (excluding diaryl/α,β-unsaturated/α-hetero) is 1. The van der Waals surface area contributed by atoms with Crippen LogP contribution in [-0.4, -0.2) is 12.9 Å². The molecule has 0 saturated heterocycles. The van der Waals surface area contributed by atoms with Crippen LogP contribution in [-0.2, 0) is 0 Å². The monoisotopic (exact) mass is 244 g/mol. The fraction of sp³-hybridized carbons (Fsp3) is 0.364. The minimum atomic E-state index is 0.102. The van der Waals surface area contributed by atoms with Gasteiger partial charge in [-0.1, -0.05) is 23.2 Å². The highest BCUT2D eigenvalue weighted by molar-refractivity contribution is 6.42. The van der Waals surface area contributed by atoms with Gasteiger partial charge in [0.2, 0.25) is 0 Å². The maximum atomic E-state index is 11.9. The van der Waals surface area contributed by atoms with Gasteiger partial charge in [0.25, 0.3) is 0 Å². The van der Waals surface area contributed by atoms with Crippen molar-refractivity contribution >= 4 is 29.0 Å². The molecule has 1 aliphatic carbocycles. The first-order chi connectivity index (χ1) is 7.13. The summed E-state index contributed by atoms with van der Waals surface area (Å²) in [6.07, 6.45) is 1.92. The molecule has 0 aliphatic heterocycles. The number of rotatable bonds is 3. The van der Waals surface area contributed by atoms with E-state index in [1.54, 1.807) is 12.1 Å². The van der Waals surface area contributed by atoms with Crippen LogP contribution in [0.4, 0.5) is 0 Å². The smallest absolute Gasteiger partial charge is 0.169 e. The van der Waals surface area contributed by atoms with Gasteiger partial charge in [-0.05, 0) is 18.9 Å². The summed E-state index contributed by atoms with van der Waals surface area (Å²) >= 11 is 11.7. The van der Waals surface area contributed by atoms with Crippen molar-refractivity contribution in [2.75, 3.05) is 7.11 Å². The molecule has 80 valence electrons. The van der Waals surface area contributed by atoms with Crippen LogP contribution in [0.15, 0.2) is 12.1 Å². The van der Waals surface area contributed by atoms with Gasteiger partial charge >= 0.3 is 0 Å². The van der Waals surface area contributed by atoms with Gasteiger partial charge < -0.3 is 4.74 Å². The number of benzene rings is 1. The van der Waals surface area contributed by atoms with Crippen molar-refractivity contribution in [3.8, 4) is 5.75 Å². The second-order valence-corrected chi connectivity index (χ2v) is 4.42. The second kappa shape index (κ2) is 4.03. The summed E-state index contributed by atoms with van der Waals surface area (Å²) in [6.45, 7) is 0. The Hall–Kier alpha value is -0.730. The fourth-order valence-electron chi connectivity index (χ4n) is 1.46. The van der Waals surface area contributed by atoms with E-state index in [1.807, 2.05) is 0 Å². The number of methoxy groups -OCH3 is 1. The number of ether oxygens (including phenoxy) is 1. The molecule has 0 unspecified atom stereocenters. The molecule has 2 rings (SSSR count). The van der Waals surface area contributed by atoms with Gasteiger partial charge in [0.05, 0.1) is 22.7 Å². The second-order valence-electron chi connectivity index (χ2n) is 3.61. The first kappa shape index (κ1) is 10.8. The molecule has 0 atom stereocenters. The summed E-state index contributed by atoms with van der Waals surface area (Å²) in [5.74, 6) is 0.753. The van der Waals surface area contributed by atoms with Gasteiger partial charge in [0.15, 0.2) is 5.78 Å². The van der Waals surface area contributed by atoms with E-state index in [0.29, 0.717) is 21.4 Å². The summed E-state index contributed by atoms with van der Waals surface area (Å²) in [5, 5.41) is 0.794. The lowest BCUT2D eigenvalue weighted by atomic mass is 10.1. The van der Waals surface area contributed by atoms with Crippen molar-refractivity contribution in [1.29, 1.82) is 0 Å². The third-order valence-corrected chi connectivity index (χ3v) is 3.18. The van der Waals surface area contributed by atoms with E-state index >= 15 is 0 Å². The van der Waals surface area contributed by atoms with Crippen molar-refractivity contribution in [3.05, 3.63) is 27.7 Å². The van der Waals surface area contributed by atoms with Crippen molar-refractivity contribution in [1.82, 2.24) is 0 Å². The maximum absolute atomic E-state index is 11.9. The van der Waals surface area contributed by atoms with Crippen molar-refractivity contribution in [2.24, 2.45) is 5.92 Å². The molecule has 0 N–H and O–H groups in total. The number of hydrogen-bond donors (Lipinski definition) is 0. The zero-order chi connectivity index (χ0) is 11.0. The first-order valence-corrected chi connectivity index (χ1v) is 5.46. The SMILES string of the molecule is COc1cc(Cl)c(Cl)cc1C(=O)C1CC1. The molecule has 1 saturated carbocycles. The van der Waals surface area contributed by atoms with Crippen LogP contribution in [0.25, 0.3) is 0 Å². The first-order valence-electron chi connectivity index (χ1n) is 4.70. The summed E-state index contributed by atoms with van der Waals surface area (Å²) < 4.78 is 5.12. The van der Waals surface area contributed by atoms with Crippen molar-refractivity contribution < 1.29 is 9.53 Å². The molecular weight excluding hydrogens is 235 g/mol. The van der Waals surface area contributed by atoms with Crippen molar-refractivity contribution in [3.63, 3.8) is 0 Å². The highest BCUT2D eigenvalue weighted by Crippen LogP contribution is 2.38. The van der Waals surface area contributed by atoms with E-state index in [-0.39, 0.29) is 11.7 Å². The summed E-state index contributed by atoms with van der Waals surface area (Å²) in [4.78, 5) is 11.9. The van der Waals surface area contributed by atoms with Crippen LogP contribution in [0.1, 0.15) is 23.2 Å². The maximum Gasteiger partial charge on any atom is 0.169 e. The number of carbonyl (C=O) groups is 1. The molecule has 1 aromatic carbocycles. The zero-order valence-corrected chi connectivity index (χ0v) is 9.73. The highest BCUT2D eigenvalue weighted by atomic mass is 35.5. The summed E-state index contributed by atoms with van der Waals surface area (Å²) in [5.41, 5.74) is 0.536. The third kappa shape index (κ3) is 2.11. The molecule has 4 heteroatoms. The van der Waals surface area contributed by atoms with Crippen LogP contribution < -0.4 is 4.74 Å². The van der Waals surface area contributed by atoms with Gasteiger partial charge in [-0.25, -0.2) is 0 Å². The molecule has 1 aromatic rings. The average Bonchev–Trinajstić information content (AvgIpc) is 3.04. The molecule has 0 radical (unpaired) electrons. The van der Waals surface area contributed by atoms with E-state index in [1.165, 1.54) is 7.11 Å². The molecule has 0 bridgehead atoms. The van der Waals surface area contributed by atoms with E-state index in [4.69, 9.17) is 27.9 Å². The Morgan fingerprint density at radius 3 is 2.47 bits per heavy atom. The third-order valence-electron chi connectivity index (χ3n) is 2.46. The lowest BCUT2D eigenvalue weighted by Gasteiger charge is -2.08. The molecular formula is C11H10Cl2O2. The van der Waals surface area contributed by atoms with Gasteiger partial charge in [-0.2, -0.15) is 0 Å². The minimum Gasteiger partial charge on any atom is -0.496 e. The summed E-state index contributed by atoms with van der Waals surface area (Å²) in [6, 6.07) is 3.17. The van der Waals surface area contributed by atoms with Crippen LogP contribution in [0, 0.1) is 5.92 Å². The quantitative estimate of drug-likeness (QED) is 0.760. The topological polar surface area (TPSA) is 26.3 Å². The minimum absolute atomic E-state index is 0.102. The zero-order valence-electron chi connectivity index (χ0n) is 8.22. The molecule has 0 heterocycles. The number of halogens is 2. The van der Waals surface area contributed by atoms with Crippen molar-refractivity contribution in [2.45, 2.75) is 12.8 Å². The average molecular weight is 245 g/mol. The molecule has 0 spiro atoms. The summed E-state index contributed by atoms with van der Waals surface area (Å²) in [7, 11) is 1.52. The Morgan fingerprint density at radius 2 is 1.93 bits per heavy atom. The molecule has 0 aromatic heterocycles. The van der Waals surface area contributed by atoms with Gasteiger partial charge in [-0.3, -0.25) is 4.79 Å². The fourth-order valence-corrected chi connectivity index (χ4v) is 1.77. The van der Waals surface area contributed by atoms with E-state index < -0.39 is 0 Å². The number of carbonyl (C=O) groups excluding carboxylic acids is 1. The van der Waals surface area contributed by atoms with E-state index in [0.717, 1.165) is 12.8 Å². The Balaban J connectivity index is 2.43. The van der Waals surface area contributed by atoms with Crippen LogP contribution in [0.5, 0.6) is 5.75 Å². The number of ketones is 1. The molecule has 2 nitrogen and oxygen atoms in total. The molecule has 0 amide bonds. The highest BCUT2D eigenvalue weighted by Gasteiger charge is 2.32. The number of hydrogen-bond acceptors (Lipinski definition) is 2. The predicted octanol–water partition coefficient (Wildman–Crippen LogP) is 3.59. The molecule has 1 aliphatic rings. The van der Waals surface area contributed by atoms with E-state index in [9.17, 15) is 4.79 Å². The van der Waals surface area contributed by atoms with Gasteiger partial charge in [-0.15, -0.1) is 0 Å². The predicted molar refractivity (Wildman–Crippen MR) is 60.1 cm³/mol. The van der Waals surface area contributed by atoms with E-state index in [2.05, 4.69) is 0 Å². The van der Waals surface area contributed by atoms with Crippen LogP contribution >= 0.6 is 23.2 Å². The van der Waals surface area contributed by atoms with Crippen LogP contribution in [0.2, 0.25) is 10.0 Å². The lowest BCUT2D eigenvalue weighted by molar-refractivity contribution is 0.0964. The Morgan fingerprint density at radius 1 is 1.33 bits per heavy atom. The van der Waals surface area contributed by atoms with Crippen LogP contribution in [0.3, 0.4) is 0 Å². The molecule has 1 fully saturated rings. The Bertz CT molecular complexity index is 411. The van der Waals surface area contributed by atoms with Gasteiger partial charge in [0.1, 0.15) is 5.75 Å². The normalized spacial score (nSPS) is 15.1. The standard InChI is InChI=1S/C11H10Cl2O2/c1-15-10-5-9(13)8(12)4-7(10)11(14)6-2-3-6/h4-6H,2-3H2,1H3. The Labute approximate surface area is 98.1 Å².